The molecule has 1 aromatic carbocycles. The van der Waals surface area contributed by atoms with Gasteiger partial charge in [-0.05, 0) is 69.5 Å². The Morgan fingerprint density at radius 3 is 2.62 bits per heavy atom. The molecule has 2 heterocycles. The number of carbonyl (C=O) groups is 1. The molecule has 2 fully saturated rings. The van der Waals surface area contributed by atoms with E-state index in [-0.39, 0.29) is 12.0 Å². The van der Waals surface area contributed by atoms with Crippen molar-refractivity contribution in [3.05, 3.63) is 29.8 Å². The summed E-state index contributed by atoms with van der Waals surface area (Å²) in [6.45, 7) is 4.17. The third-order valence-corrected chi connectivity index (χ3v) is 4.96. The van der Waals surface area contributed by atoms with E-state index in [9.17, 15) is 4.79 Å². The maximum Gasteiger partial charge on any atom is 0.253 e. The van der Waals surface area contributed by atoms with Crippen LogP contribution in [0.4, 0.5) is 0 Å². The van der Waals surface area contributed by atoms with E-state index in [2.05, 4.69) is 5.32 Å². The van der Waals surface area contributed by atoms with Crippen molar-refractivity contribution in [1.29, 1.82) is 0 Å². The molecule has 2 aliphatic heterocycles. The number of carbonyl (C=O) groups excluding carboxylic acids is 1. The van der Waals surface area contributed by atoms with Gasteiger partial charge in [-0.15, -0.1) is 0 Å². The molecule has 0 aliphatic carbocycles. The first kappa shape index (κ1) is 17.2. The monoisotopic (exact) mass is 332 g/mol. The summed E-state index contributed by atoms with van der Waals surface area (Å²) in [5.74, 6) is 1.62. The number of likely N-dealkylation sites (tertiary alicyclic amines) is 1. The molecule has 24 heavy (non-hydrogen) atoms. The van der Waals surface area contributed by atoms with E-state index in [0.717, 1.165) is 63.2 Å². The maximum absolute atomic E-state index is 12.6. The molecule has 0 aromatic heterocycles. The van der Waals surface area contributed by atoms with E-state index in [1.54, 1.807) is 0 Å². The van der Waals surface area contributed by atoms with Crippen LogP contribution in [-0.4, -0.2) is 56.8 Å². The lowest BCUT2D eigenvalue weighted by atomic mass is 9.96. The number of nitrogens with zero attached hydrogens (tertiary/aromatic N) is 1. The largest absolute Gasteiger partial charge is 0.491 e. The van der Waals surface area contributed by atoms with Gasteiger partial charge < -0.3 is 19.7 Å². The predicted octanol–water partition coefficient (Wildman–Crippen LogP) is 2.32. The number of piperidine rings is 1. The zero-order chi connectivity index (χ0) is 16.8. The van der Waals surface area contributed by atoms with Crippen molar-refractivity contribution >= 4 is 5.91 Å². The predicted molar refractivity (Wildman–Crippen MR) is 93.5 cm³/mol. The molecular formula is C19H28N2O3. The zero-order valence-electron chi connectivity index (χ0n) is 14.5. The molecule has 0 bridgehead atoms. The smallest absolute Gasteiger partial charge is 0.253 e. The van der Waals surface area contributed by atoms with E-state index >= 15 is 0 Å². The Morgan fingerprint density at radius 2 is 2.00 bits per heavy atom. The van der Waals surface area contributed by atoms with Crippen molar-refractivity contribution < 1.29 is 14.3 Å². The van der Waals surface area contributed by atoms with Crippen LogP contribution in [0.1, 0.15) is 36.0 Å². The first-order valence-electron chi connectivity index (χ1n) is 9.04. The summed E-state index contributed by atoms with van der Waals surface area (Å²) in [4.78, 5) is 14.6. The normalized spacial score (nSPS) is 21.9. The van der Waals surface area contributed by atoms with Crippen LogP contribution in [0.25, 0.3) is 0 Å². The fourth-order valence-electron chi connectivity index (χ4n) is 3.47. The van der Waals surface area contributed by atoms with Crippen LogP contribution in [0, 0.1) is 5.92 Å². The van der Waals surface area contributed by atoms with Crippen LogP contribution in [0.5, 0.6) is 5.75 Å². The molecule has 5 heteroatoms. The molecule has 0 spiro atoms. The lowest BCUT2D eigenvalue weighted by Gasteiger charge is -2.32. The van der Waals surface area contributed by atoms with Crippen molar-refractivity contribution in [2.75, 3.05) is 39.9 Å². The molecule has 2 saturated heterocycles. The first-order chi connectivity index (χ1) is 11.8. The van der Waals surface area contributed by atoms with Gasteiger partial charge in [0.05, 0.1) is 6.10 Å². The lowest BCUT2D eigenvalue weighted by molar-refractivity contribution is 0.0674. The van der Waals surface area contributed by atoms with Crippen molar-refractivity contribution in [2.24, 2.45) is 5.92 Å². The lowest BCUT2D eigenvalue weighted by Crippen LogP contribution is -2.40. The molecule has 0 radical (unpaired) electrons. The number of rotatable bonds is 6. The van der Waals surface area contributed by atoms with Gasteiger partial charge in [0.25, 0.3) is 5.91 Å². The molecular weight excluding hydrogens is 304 g/mol. The molecule has 1 unspecified atom stereocenters. The van der Waals surface area contributed by atoms with Crippen molar-refractivity contribution in [3.8, 4) is 5.75 Å². The summed E-state index contributed by atoms with van der Waals surface area (Å²) in [5.41, 5.74) is 0.742. The topological polar surface area (TPSA) is 50.8 Å². The zero-order valence-corrected chi connectivity index (χ0v) is 14.5. The highest BCUT2D eigenvalue weighted by Gasteiger charge is 2.23. The van der Waals surface area contributed by atoms with Gasteiger partial charge in [0, 0.05) is 25.3 Å². The Labute approximate surface area is 144 Å². The minimum Gasteiger partial charge on any atom is -0.491 e. The van der Waals surface area contributed by atoms with Crippen molar-refractivity contribution in [2.45, 2.75) is 31.8 Å². The van der Waals surface area contributed by atoms with Crippen LogP contribution in [0.3, 0.4) is 0 Å². The molecule has 5 nitrogen and oxygen atoms in total. The van der Waals surface area contributed by atoms with Gasteiger partial charge in [0.15, 0.2) is 0 Å². The number of benzene rings is 1. The standard InChI is InChI=1S/C19H28N2O3/c1-20-13-15-8-10-21(11-9-15)19(22)16-4-6-17(7-5-16)24-14-18-3-2-12-23-18/h4-7,15,18,20H,2-3,8-14H2,1H3. The average molecular weight is 332 g/mol. The highest BCUT2D eigenvalue weighted by Crippen LogP contribution is 2.20. The summed E-state index contributed by atoms with van der Waals surface area (Å²) in [6.07, 6.45) is 4.56. The Morgan fingerprint density at radius 1 is 1.25 bits per heavy atom. The van der Waals surface area contributed by atoms with Crippen LogP contribution in [-0.2, 0) is 4.74 Å². The van der Waals surface area contributed by atoms with E-state index in [0.29, 0.717) is 12.5 Å². The van der Waals surface area contributed by atoms with Crippen LogP contribution >= 0.6 is 0 Å². The fraction of sp³-hybridized carbons (Fsp3) is 0.632. The van der Waals surface area contributed by atoms with Gasteiger partial charge in [-0.3, -0.25) is 4.79 Å². The van der Waals surface area contributed by atoms with Crippen molar-refractivity contribution in [3.63, 3.8) is 0 Å². The number of hydrogen-bond donors (Lipinski definition) is 1. The molecule has 2 aliphatic rings. The summed E-state index contributed by atoms with van der Waals surface area (Å²) in [7, 11) is 1.99. The number of hydrogen-bond acceptors (Lipinski definition) is 4. The Balaban J connectivity index is 1.48. The second-order valence-electron chi connectivity index (χ2n) is 6.76. The van der Waals surface area contributed by atoms with Gasteiger partial charge in [-0.2, -0.15) is 0 Å². The molecule has 132 valence electrons. The SMILES string of the molecule is CNCC1CCN(C(=O)c2ccc(OCC3CCCO3)cc2)CC1. The van der Waals surface area contributed by atoms with Crippen molar-refractivity contribution in [1.82, 2.24) is 10.2 Å². The number of ether oxygens (including phenoxy) is 2. The minimum atomic E-state index is 0.128. The Bertz CT molecular complexity index is 518. The highest BCUT2D eigenvalue weighted by molar-refractivity contribution is 5.94. The highest BCUT2D eigenvalue weighted by atomic mass is 16.5. The van der Waals surface area contributed by atoms with Gasteiger partial charge in [-0.1, -0.05) is 0 Å². The fourth-order valence-corrected chi connectivity index (χ4v) is 3.47. The second kappa shape index (κ2) is 8.49. The van der Waals surface area contributed by atoms with Crippen LogP contribution in [0.15, 0.2) is 24.3 Å². The van der Waals surface area contributed by atoms with E-state index < -0.39 is 0 Å². The molecule has 1 atom stereocenters. The summed E-state index contributed by atoms with van der Waals surface area (Å²) >= 11 is 0. The number of nitrogens with one attached hydrogen (secondary N) is 1. The Kier molecular flexibility index (Phi) is 6.10. The summed E-state index contributed by atoms with van der Waals surface area (Å²) < 4.78 is 11.3. The third kappa shape index (κ3) is 4.48. The number of amides is 1. The summed E-state index contributed by atoms with van der Waals surface area (Å²) in [6, 6.07) is 7.51. The van der Waals surface area contributed by atoms with E-state index in [4.69, 9.17) is 9.47 Å². The quantitative estimate of drug-likeness (QED) is 0.868. The maximum atomic E-state index is 12.6. The first-order valence-corrected chi connectivity index (χ1v) is 9.04. The van der Waals surface area contributed by atoms with Gasteiger partial charge in [-0.25, -0.2) is 0 Å². The van der Waals surface area contributed by atoms with Gasteiger partial charge >= 0.3 is 0 Å². The van der Waals surface area contributed by atoms with E-state index in [1.165, 1.54) is 0 Å². The van der Waals surface area contributed by atoms with E-state index in [1.807, 2.05) is 36.2 Å². The third-order valence-electron chi connectivity index (χ3n) is 4.96. The molecule has 1 N–H and O–H groups in total. The van der Waals surface area contributed by atoms with Crippen LogP contribution in [0.2, 0.25) is 0 Å². The molecule has 0 saturated carbocycles. The minimum absolute atomic E-state index is 0.128. The summed E-state index contributed by atoms with van der Waals surface area (Å²) in [5, 5.41) is 3.23. The molecule has 1 aromatic rings. The Hall–Kier alpha value is -1.59. The van der Waals surface area contributed by atoms with Gasteiger partial charge in [0.1, 0.15) is 12.4 Å². The second-order valence-corrected chi connectivity index (χ2v) is 6.76. The molecule has 1 amide bonds. The van der Waals surface area contributed by atoms with Crippen LogP contribution < -0.4 is 10.1 Å². The molecule has 3 rings (SSSR count). The van der Waals surface area contributed by atoms with Gasteiger partial charge in [0.2, 0.25) is 0 Å². The average Bonchev–Trinajstić information content (AvgIpc) is 3.14.